The molecule has 0 saturated carbocycles. The number of hydrogen-bond acceptors (Lipinski definition) is 4. The van der Waals surface area contributed by atoms with Crippen molar-refractivity contribution in [2.45, 2.75) is 57.8 Å². The zero-order valence-electron chi connectivity index (χ0n) is 19.1. The smallest absolute Gasteiger partial charge is 0.272 e. The van der Waals surface area contributed by atoms with Gasteiger partial charge in [-0.3, -0.25) is 9.78 Å². The predicted octanol–water partition coefficient (Wildman–Crippen LogP) is 5.49. The van der Waals surface area contributed by atoms with E-state index in [9.17, 15) is 4.79 Å². The molecule has 0 aliphatic heterocycles. The van der Waals surface area contributed by atoms with Crippen LogP contribution in [0.2, 0.25) is 24.7 Å². The van der Waals surface area contributed by atoms with Gasteiger partial charge in [-0.05, 0) is 38.7 Å². The van der Waals surface area contributed by atoms with E-state index in [4.69, 9.17) is 16.3 Å². The number of nitrogens with one attached hydrogen (secondary N) is 1. The second kappa shape index (κ2) is 10.5. The van der Waals surface area contributed by atoms with Gasteiger partial charge in [-0.2, -0.15) is 0 Å². The molecule has 2 aromatic rings. The molecule has 1 amide bonds. The highest BCUT2D eigenvalue weighted by Crippen LogP contribution is 2.30. The average Bonchev–Trinajstić information content (AvgIpc) is 2.69. The minimum atomic E-state index is -1.49. The molecule has 0 spiro atoms. The number of halogens is 1. The molecule has 164 valence electrons. The van der Waals surface area contributed by atoms with Gasteiger partial charge in [-0.15, -0.1) is 23.2 Å². The topological polar surface area (TPSA) is 51.2 Å². The molecular formula is C24H29ClN2O2SSi. The molecular weight excluding hydrogens is 444 g/mol. The van der Waals surface area contributed by atoms with E-state index in [0.717, 1.165) is 10.9 Å². The first-order chi connectivity index (χ1) is 14.5. The quantitative estimate of drug-likeness (QED) is 0.343. The van der Waals surface area contributed by atoms with Crippen LogP contribution >= 0.6 is 23.4 Å². The van der Waals surface area contributed by atoms with Crippen molar-refractivity contribution in [3.8, 4) is 29.1 Å². The fourth-order valence-electron chi connectivity index (χ4n) is 2.72. The summed E-state index contributed by atoms with van der Waals surface area (Å²) >= 11 is 7.75. The Morgan fingerprint density at radius 1 is 1.35 bits per heavy atom. The largest absolute Gasteiger partial charge is 0.470 e. The fourth-order valence-corrected chi connectivity index (χ4v) is 3.99. The third kappa shape index (κ3) is 7.21. The molecule has 1 aromatic heterocycles. The molecule has 1 aromatic carbocycles. The number of hydrogen-bond donors (Lipinski definition) is 1. The van der Waals surface area contributed by atoms with E-state index in [0.29, 0.717) is 22.7 Å². The number of aromatic nitrogens is 1. The number of carbonyl (C=O) groups excluding carboxylic acids is 1. The van der Waals surface area contributed by atoms with Crippen LogP contribution in [0.5, 0.6) is 5.75 Å². The van der Waals surface area contributed by atoms with E-state index >= 15 is 0 Å². The van der Waals surface area contributed by atoms with Gasteiger partial charge in [0.15, 0.2) is 0 Å². The minimum Gasteiger partial charge on any atom is -0.470 e. The maximum absolute atomic E-state index is 12.8. The van der Waals surface area contributed by atoms with Crippen molar-refractivity contribution in [2.75, 3.05) is 6.26 Å². The van der Waals surface area contributed by atoms with E-state index in [1.54, 1.807) is 19.2 Å². The Morgan fingerprint density at radius 2 is 2.06 bits per heavy atom. The van der Waals surface area contributed by atoms with Gasteiger partial charge < -0.3 is 10.1 Å². The summed E-state index contributed by atoms with van der Waals surface area (Å²) in [6.45, 7) is 12.2. The Hall–Kier alpha value is -2.12. The fraction of sp³-hybridized carbons (Fsp3) is 0.417. The number of amides is 1. The number of nitrogens with zero attached hydrogens (tertiary/aromatic N) is 1. The van der Waals surface area contributed by atoms with Crippen molar-refractivity contribution >= 4 is 48.2 Å². The summed E-state index contributed by atoms with van der Waals surface area (Å²) < 4.78 is 6.00. The summed E-state index contributed by atoms with van der Waals surface area (Å²) in [4.78, 5) is 17.3. The molecule has 0 bridgehead atoms. The van der Waals surface area contributed by atoms with Crippen LogP contribution in [0.15, 0.2) is 24.4 Å². The molecule has 0 aliphatic carbocycles. The lowest BCUT2D eigenvalue weighted by Gasteiger charge is -2.26. The molecule has 2 rings (SSSR count). The van der Waals surface area contributed by atoms with Gasteiger partial charge in [0.2, 0.25) is 5.44 Å². The molecule has 1 heterocycles. The van der Waals surface area contributed by atoms with Crippen LogP contribution in [0.3, 0.4) is 0 Å². The number of fused-ring (bicyclic) bond motifs is 1. The first-order valence-electron chi connectivity index (χ1n) is 10.1. The molecule has 4 nitrogen and oxygen atoms in total. The third-order valence-electron chi connectivity index (χ3n) is 4.47. The summed E-state index contributed by atoms with van der Waals surface area (Å²) in [5.41, 5.74) is 3.52. The van der Waals surface area contributed by atoms with E-state index in [1.807, 2.05) is 32.2 Å². The maximum atomic E-state index is 12.8. The second-order valence-corrected chi connectivity index (χ2v) is 14.5. The van der Waals surface area contributed by atoms with Crippen molar-refractivity contribution in [3.05, 3.63) is 35.0 Å². The summed E-state index contributed by atoms with van der Waals surface area (Å²) in [6, 6.07) is 5.48. The molecule has 2 unspecified atom stereocenters. The van der Waals surface area contributed by atoms with Crippen LogP contribution in [0.1, 0.15) is 32.8 Å². The zero-order valence-corrected chi connectivity index (χ0v) is 21.7. The van der Waals surface area contributed by atoms with E-state index in [1.165, 1.54) is 11.8 Å². The number of ether oxygens (including phenoxy) is 1. The molecule has 2 atom stereocenters. The standard InChI is InChI=1S/C24H29ClN2O2SSi/c1-8-11-24(3,9-2)27-22(28)23(30-4)29-19-14-18-13-17(10-12-31(5,6)7)16-26-21(18)20(25)15-19/h13-16,23H,9H2,1-7H3,(H,27,28). The third-order valence-corrected chi connectivity index (χ3v) is 6.37. The monoisotopic (exact) mass is 472 g/mol. The lowest BCUT2D eigenvalue weighted by atomic mass is 10.00. The van der Waals surface area contributed by atoms with Gasteiger partial charge in [0.1, 0.15) is 13.8 Å². The molecule has 7 heteroatoms. The van der Waals surface area contributed by atoms with Crippen molar-refractivity contribution < 1.29 is 9.53 Å². The Bertz CT molecular complexity index is 1090. The molecule has 0 saturated heterocycles. The molecule has 0 radical (unpaired) electrons. The van der Waals surface area contributed by atoms with Crippen LogP contribution in [-0.4, -0.2) is 36.2 Å². The number of rotatable bonds is 6. The SMILES string of the molecule is CC#CC(C)(CC)NC(=O)C(Oc1cc(Cl)c2ncc(C#C[Si](C)(C)C)cc2c1)SC. The Morgan fingerprint density at radius 3 is 2.65 bits per heavy atom. The van der Waals surface area contributed by atoms with Gasteiger partial charge in [-0.1, -0.05) is 50.0 Å². The lowest BCUT2D eigenvalue weighted by Crippen LogP contribution is -2.49. The van der Waals surface area contributed by atoms with E-state index in [-0.39, 0.29) is 5.91 Å². The van der Waals surface area contributed by atoms with Gasteiger partial charge in [0.05, 0.1) is 16.1 Å². The van der Waals surface area contributed by atoms with Gasteiger partial charge >= 0.3 is 0 Å². The van der Waals surface area contributed by atoms with Gasteiger partial charge in [0.25, 0.3) is 5.91 Å². The van der Waals surface area contributed by atoms with Crippen LogP contribution in [0.4, 0.5) is 0 Å². The Kier molecular flexibility index (Phi) is 8.48. The van der Waals surface area contributed by atoms with Crippen molar-refractivity contribution in [1.29, 1.82) is 0 Å². The first kappa shape index (κ1) is 25.1. The van der Waals surface area contributed by atoms with Gasteiger partial charge in [-0.25, -0.2) is 0 Å². The number of benzene rings is 1. The number of carbonyl (C=O) groups is 1. The van der Waals surface area contributed by atoms with Crippen molar-refractivity contribution in [3.63, 3.8) is 0 Å². The van der Waals surface area contributed by atoms with Crippen LogP contribution in [0, 0.1) is 23.3 Å². The van der Waals surface area contributed by atoms with Crippen molar-refractivity contribution in [2.24, 2.45) is 0 Å². The highest BCUT2D eigenvalue weighted by Gasteiger charge is 2.28. The summed E-state index contributed by atoms with van der Waals surface area (Å²) in [7, 11) is -1.49. The van der Waals surface area contributed by atoms with E-state index in [2.05, 4.69) is 53.2 Å². The number of thioether (sulfide) groups is 1. The lowest BCUT2D eigenvalue weighted by molar-refractivity contribution is -0.125. The highest BCUT2D eigenvalue weighted by molar-refractivity contribution is 7.99. The Balaban J connectivity index is 2.32. The number of pyridine rings is 1. The van der Waals surface area contributed by atoms with Crippen LogP contribution in [-0.2, 0) is 4.79 Å². The predicted molar refractivity (Wildman–Crippen MR) is 135 cm³/mol. The minimum absolute atomic E-state index is 0.233. The van der Waals surface area contributed by atoms with E-state index < -0.39 is 19.0 Å². The summed E-state index contributed by atoms with van der Waals surface area (Å²) in [5, 5.41) is 4.27. The van der Waals surface area contributed by atoms with Crippen LogP contribution < -0.4 is 10.1 Å². The molecule has 0 fully saturated rings. The van der Waals surface area contributed by atoms with Crippen LogP contribution in [0.25, 0.3) is 10.9 Å². The molecule has 0 aliphatic rings. The average molecular weight is 473 g/mol. The molecule has 31 heavy (non-hydrogen) atoms. The van der Waals surface area contributed by atoms with Gasteiger partial charge in [0, 0.05) is 23.2 Å². The summed E-state index contributed by atoms with van der Waals surface area (Å²) in [5.74, 6) is 9.42. The Labute approximate surface area is 195 Å². The first-order valence-corrected chi connectivity index (χ1v) is 15.2. The normalized spacial score (nSPS) is 13.8. The maximum Gasteiger partial charge on any atom is 0.272 e. The zero-order chi connectivity index (χ0) is 23.2. The van der Waals surface area contributed by atoms with Crippen molar-refractivity contribution in [1.82, 2.24) is 10.3 Å². The molecule has 1 N–H and O–H groups in total. The second-order valence-electron chi connectivity index (χ2n) is 8.44. The highest BCUT2D eigenvalue weighted by atomic mass is 35.5. The summed E-state index contributed by atoms with van der Waals surface area (Å²) in [6.07, 6.45) is 4.25.